The minimum absolute atomic E-state index is 0.232. The Bertz CT molecular complexity index is 918. The number of halogens is 1. The van der Waals surface area contributed by atoms with Crippen LogP contribution in [0, 0.1) is 19.7 Å². The van der Waals surface area contributed by atoms with Gasteiger partial charge < -0.3 is 0 Å². The fraction of sp³-hybridized carbons (Fsp3) is 0.273. The smallest absolute Gasteiger partial charge is 0.267 e. The molecule has 0 unspecified atom stereocenters. The normalized spacial score (nSPS) is 14.4. The highest BCUT2D eigenvalue weighted by atomic mass is 32.2. The van der Waals surface area contributed by atoms with Gasteiger partial charge in [0, 0.05) is 6.54 Å². The molecule has 0 radical (unpaired) electrons. The van der Waals surface area contributed by atoms with E-state index in [1.165, 1.54) is 28.8 Å². The second-order valence-electron chi connectivity index (χ2n) is 6.59. The molecule has 2 aromatic carbocycles. The quantitative estimate of drug-likeness (QED) is 0.689. The van der Waals surface area contributed by atoms with E-state index in [2.05, 4.69) is 0 Å². The highest BCUT2D eigenvalue weighted by Gasteiger charge is 2.39. The highest BCUT2D eigenvalue weighted by molar-refractivity contribution is 8.04. The molecule has 0 bridgehead atoms. The van der Waals surface area contributed by atoms with Crippen LogP contribution in [0.2, 0.25) is 0 Å². The van der Waals surface area contributed by atoms with Crippen LogP contribution in [0.25, 0.3) is 5.57 Å². The molecule has 0 fully saturated rings. The lowest BCUT2D eigenvalue weighted by Crippen LogP contribution is -2.33. The van der Waals surface area contributed by atoms with Crippen LogP contribution in [0.5, 0.6) is 0 Å². The average molecular weight is 383 g/mol. The Kier molecular flexibility index (Phi) is 5.80. The average Bonchev–Trinajstić information content (AvgIpc) is 2.86. The van der Waals surface area contributed by atoms with Gasteiger partial charge in [0.15, 0.2) is 0 Å². The van der Waals surface area contributed by atoms with Crippen molar-refractivity contribution < 1.29 is 14.0 Å². The third-order valence-corrected chi connectivity index (χ3v) is 5.56. The number of rotatable bonds is 6. The second kappa shape index (κ2) is 8.09. The molecule has 2 aromatic rings. The number of aryl methyl sites for hydroxylation is 2. The monoisotopic (exact) mass is 383 g/mol. The summed E-state index contributed by atoms with van der Waals surface area (Å²) in [4.78, 5) is 27.8. The molecule has 0 saturated carbocycles. The van der Waals surface area contributed by atoms with Gasteiger partial charge in [-0.25, -0.2) is 4.39 Å². The summed E-state index contributed by atoms with van der Waals surface area (Å²) in [6.07, 6.45) is 0.502. The Morgan fingerprint density at radius 2 is 1.70 bits per heavy atom. The van der Waals surface area contributed by atoms with Gasteiger partial charge in [0.1, 0.15) is 5.82 Å². The third kappa shape index (κ3) is 3.98. The van der Waals surface area contributed by atoms with Crippen molar-refractivity contribution in [3.05, 3.63) is 75.4 Å². The summed E-state index contributed by atoms with van der Waals surface area (Å²) < 4.78 is 13.1. The van der Waals surface area contributed by atoms with E-state index in [1.807, 2.05) is 39.0 Å². The molecule has 1 aliphatic rings. The Labute approximate surface area is 163 Å². The molecule has 0 N–H and O–H groups in total. The minimum Gasteiger partial charge on any atom is -0.274 e. The van der Waals surface area contributed by atoms with Gasteiger partial charge in [0.2, 0.25) is 0 Å². The molecule has 1 heterocycles. The van der Waals surface area contributed by atoms with E-state index in [1.54, 1.807) is 12.1 Å². The van der Waals surface area contributed by atoms with E-state index in [-0.39, 0.29) is 24.2 Å². The number of carbonyl (C=O) groups excluding carboxylic acids is 2. The number of carbonyl (C=O) groups is 2. The minimum atomic E-state index is -0.299. The van der Waals surface area contributed by atoms with Gasteiger partial charge in [0.05, 0.1) is 10.5 Å². The molecule has 0 saturated heterocycles. The van der Waals surface area contributed by atoms with Crippen molar-refractivity contribution in [2.24, 2.45) is 0 Å². The fourth-order valence-corrected chi connectivity index (χ4v) is 4.12. The Hall–Kier alpha value is -2.40. The van der Waals surface area contributed by atoms with Crippen molar-refractivity contribution in [2.75, 3.05) is 12.3 Å². The topological polar surface area (TPSA) is 37.4 Å². The van der Waals surface area contributed by atoms with E-state index in [0.717, 1.165) is 22.3 Å². The predicted octanol–water partition coefficient (Wildman–Crippen LogP) is 4.52. The number of amides is 2. The zero-order chi connectivity index (χ0) is 19.6. The fourth-order valence-electron chi connectivity index (χ4n) is 3.26. The second-order valence-corrected chi connectivity index (χ2v) is 7.87. The molecule has 0 aliphatic carbocycles. The molecule has 0 aromatic heterocycles. The molecule has 0 spiro atoms. The number of benzene rings is 2. The standard InChI is InChI=1S/C22H22FNO2S/c1-4-27-20-19(18-10-5-14(2)13-15(18)3)21(25)24(22(20)26)12-11-16-6-8-17(23)9-7-16/h5-10,13H,4,11-12H2,1-3H3. The van der Waals surface area contributed by atoms with Crippen molar-refractivity contribution >= 4 is 29.1 Å². The number of imide groups is 1. The Balaban J connectivity index is 1.89. The SMILES string of the molecule is CCSC1=C(c2ccc(C)cc2C)C(=O)N(CCc2ccc(F)cc2)C1=O. The molecule has 27 heavy (non-hydrogen) atoms. The van der Waals surface area contributed by atoms with Crippen LogP contribution in [0.15, 0.2) is 47.4 Å². The zero-order valence-electron chi connectivity index (χ0n) is 15.7. The van der Waals surface area contributed by atoms with Gasteiger partial charge in [-0.1, -0.05) is 42.8 Å². The summed E-state index contributed by atoms with van der Waals surface area (Å²) >= 11 is 1.41. The lowest BCUT2D eigenvalue weighted by Gasteiger charge is -2.15. The molecule has 0 atom stereocenters. The van der Waals surface area contributed by atoms with Crippen LogP contribution in [0.4, 0.5) is 4.39 Å². The summed E-state index contributed by atoms with van der Waals surface area (Å²) in [5, 5.41) is 0. The Morgan fingerprint density at radius 3 is 2.33 bits per heavy atom. The zero-order valence-corrected chi connectivity index (χ0v) is 16.5. The number of thioether (sulfide) groups is 1. The lowest BCUT2D eigenvalue weighted by atomic mass is 9.99. The molecule has 5 heteroatoms. The molecular weight excluding hydrogens is 361 g/mol. The number of nitrogens with zero attached hydrogens (tertiary/aromatic N) is 1. The van der Waals surface area contributed by atoms with Gasteiger partial charge in [-0.15, -0.1) is 11.8 Å². The summed E-state index contributed by atoms with van der Waals surface area (Å²) in [7, 11) is 0. The maximum atomic E-state index is 13.1. The van der Waals surface area contributed by atoms with Crippen LogP contribution in [-0.2, 0) is 16.0 Å². The number of hydrogen-bond acceptors (Lipinski definition) is 3. The van der Waals surface area contributed by atoms with Gasteiger partial charge in [-0.2, -0.15) is 0 Å². The maximum absolute atomic E-state index is 13.1. The number of hydrogen-bond donors (Lipinski definition) is 0. The van der Waals surface area contributed by atoms with E-state index >= 15 is 0 Å². The van der Waals surface area contributed by atoms with Crippen LogP contribution in [-0.4, -0.2) is 29.0 Å². The maximum Gasteiger partial charge on any atom is 0.267 e. The highest BCUT2D eigenvalue weighted by Crippen LogP contribution is 2.37. The first-order valence-electron chi connectivity index (χ1n) is 8.97. The van der Waals surface area contributed by atoms with Crippen LogP contribution >= 0.6 is 11.8 Å². The molecule has 3 rings (SSSR count). The largest absolute Gasteiger partial charge is 0.274 e. The van der Waals surface area contributed by atoms with Gasteiger partial charge in [0.25, 0.3) is 11.8 Å². The van der Waals surface area contributed by atoms with Gasteiger partial charge in [-0.05, 0) is 54.8 Å². The van der Waals surface area contributed by atoms with Gasteiger partial charge >= 0.3 is 0 Å². The molecule has 140 valence electrons. The first-order chi connectivity index (χ1) is 12.9. The predicted molar refractivity (Wildman–Crippen MR) is 108 cm³/mol. The van der Waals surface area contributed by atoms with E-state index < -0.39 is 0 Å². The van der Waals surface area contributed by atoms with E-state index in [4.69, 9.17) is 0 Å². The lowest BCUT2D eigenvalue weighted by molar-refractivity contribution is -0.136. The summed E-state index contributed by atoms with van der Waals surface area (Å²) in [5.74, 6) is -0.0596. The van der Waals surface area contributed by atoms with Crippen molar-refractivity contribution in [1.82, 2.24) is 4.90 Å². The molecule has 2 amide bonds. The van der Waals surface area contributed by atoms with Gasteiger partial charge in [-0.3, -0.25) is 14.5 Å². The first-order valence-corrected chi connectivity index (χ1v) is 9.96. The molecule has 3 nitrogen and oxygen atoms in total. The van der Waals surface area contributed by atoms with E-state index in [9.17, 15) is 14.0 Å². The van der Waals surface area contributed by atoms with Crippen LogP contribution in [0.1, 0.15) is 29.2 Å². The summed E-state index contributed by atoms with van der Waals surface area (Å²) in [6, 6.07) is 12.0. The van der Waals surface area contributed by atoms with Crippen molar-refractivity contribution in [3.63, 3.8) is 0 Å². The van der Waals surface area contributed by atoms with Crippen LogP contribution < -0.4 is 0 Å². The van der Waals surface area contributed by atoms with E-state index in [0.29, 0.717) is 22.7 Å². The Morgan fingerprint density at radius 1 is 1.00 bits per heavy atom. The molecular formula is C22H22FNO2S. The summed E-state index contributed by atoms with van der Waals surface area (Å²) in [6.45, 7) is 6.22. The van der Waals surface area contributed by atoms with Crippen molar-refractivity contribution in [2.45, 2.75) is 27.2 Å². The summed E-state index contributed by atoms with van der Waals surface area (Å²) in [5.41, 5.74) is 4.32. The van der Waals surface area contributed by atoms with Crippen molar-refractivity contribution in [1.29, 1.82) is 0 Å². The third-order valence-electron chi connectivity index (χ3n) is 4.60. The van der Waals surface area contributed by atoms with Crippen LogP contribution in [0.3, 0.4) is 0 Å². The van der Waals surface area contributed by atoms with Crippen molar-refractivity contribution in [3.8, 4) is 0 Å². The molecule has 1 aliphatic heterocycles. The first kappa shape index (κ1) is 19.4.